The number of anilines is 1. The molecule has 2 aromatic carbocycles. The van der Waals surface area contributed by atoms with Crippen LogP contribution in [0, 0.1) is 10.1 Å². The third-order valence-electron chi connectivity index (χ3n) is 4.87. The van der Waals surface area contributed by atoms with E-state index in [2.05, 4.69) is 4.90 Å². The van der Waals surface area contributed by atoms with Crippen molar-refractivity contribution in [3.8, 4) is 0 Å². The summed E-state index contributed by atoms with van der Waals surface area (Å²) in [6.45, 7) is 0.817. The molecule has 0 amide bonds. The summed E-state index contributed by atoms with van der Waals surface area (Å²) in [6, 6.07) is 15.7. The second-order valence-corrected chi connectivity index (χ2v) is 6.49. The number of nitro benzene ring substituents is 1. The molecule has 8 nitrogen and oxygen atoms in total. The number of nitro groups is 1. The Kier molecular flexibility index (Phi) is 4.29. The smallest absolute Gasteiger partial charge is 0.337 e. The number of esters is 1. The highest BCUT2D eigenvalue weighted by atomic mass is 16.8. The van der Waals surface area contributed by atoms with E-state index in [1.807, 2.05) is 30.3 Å². The van der Waals surface area contributed by atoms with E-state index in [1.54, 1.807) is 12.1 Å². The summed E-state index contributed by atoms with van der Waals surface area (Å²) in [5, 5.41) is 10.9. The zero-order valence-electron chi connectivity index (χ0n) is 14.6. The van der Waals surface area contributed by atoms with Crippen LogP contribution < -0.4 is 4.90 Å². The molecular formula is C19H18N2O6. The fraction of sp³-hybridized carbons (Fsp3) is 0.316. The number of para-hydroxylation sites is 1. The fourth-order valence-corrected chi connectivity index (χ4v) is 3.57. The quantitative estimate of drug-likeness (QED) is 0.463. The molecule has 8 heteroatoms. The number of morpholine rings is 1. The molecule has 2 aliphatic rings. The van der Waals surface area contributed by atoms with Gasteiger partial charge < -0.3 is 19.1 Å². The molecule has 0 spiro atoms. The van der Waals surface area contributed by atoms with E-state index in [-0.39, 0.29) is 5.69 Å². The Balaban J connectivity index is 1.71. The van der Waals surface area contributed by atoms with Gasteiger partial charge in [0.1, 0.15) is 6.10 Å². The first kappa shape index (κ1) is 17.4. The number of carbonyl (C=O) groups is 1. The van der Waals surface area contributed by atoms with E-state index in [9.17, 15) is 14.9 Å². The van der Waals surface area contributed by atoms with Crippen LogP contribution in [0.5, 0.6) is 0 Å². The monoisotopic (exact) mass is 370 g/mol. The molecule has 27 heavy (non-hydrogen) atoms. The Morgan fingerprint density at radius 3 is 2.52 bits per heavy atom. The van der Waals surface area contributed by atoms with Gasteiger partial charge in [-0.1, -0.05) is 18.2 Å². The maximum absolute atomic E-state index is 12.2. The van der Waals surface area contributed by atoms with Crippen molar-refractivity contribution in [1.29, 1.82) is 0 Å². The van der Waals surface area contributed by atoms with Gasteiger partial charge in [0, 0.05) is 29.9 Å². The third kappa shape index (κ3) is 3.02. The molecule has 0 radical (unpaired) electrons. The van der Waals surface area contributed by atoms with Crippen molar-refractivity contribution in [3.05, 3.63) is 70.3 Å². The van der Waals surface area contributed by atoms with E-state index < -0.39 is 28.9 Å². The molecule has 2 bridgehead atoms. The highest BCUT2D eigenvalue weighted by Gasteiger charge is 2.56. The summed E-state index contributed by atoms with van der Waals surface area (Å²) in [4.78, 5) is 24.7. The first-order valence-corrected chi connectivity index (χ1v) is 8.51. The van der Waals surface area contributed by atoms with E-state index in [1.165, 1.54) is 19.2 Å². The van der Waals surface area contributed by atoms with E-state index in [0.29, 0.717) is 18.7 Å². The van der Waals surface area contributed by atoms with Gasteiger partial charge in [0.15, 0.2) is 6.10 Å². The molecule has 0 aliphatic carbocycles. The van der Waals surface area contributed by atoms with Gasteiger partial charge in [0.25, 0.3) is 5.69 Å². The number of hydrogen-bond donors (Lipinski definition) is 0. The minimum Gasteiger partial charge on any atom is -0.467 e. The van der Waals surface area contributed by atoms with Crippen molar-refractivity contribution < 1.29 is 23.9 Å². The SMILES string of the molecule is COC(=O)C1OC2(c3ccc([N+](=O)[O-])cc3)CN(c3ccccc3)CC1O2. The average Bonchev–Trinajstić information content (AvgIpc) is 2.99. The van der Waals surface area contributed by atoms with Crippen molar-refractivity contribution in [1.82, 2.24) is 0 Å². The molecule has 0 aromatic heterocycles. The molecular weight excluding hydrogens is 352 g/mol. The lowest BCUT2D eigenvalue weighted by Gasteiger charge is -2.39. The van der Waals surface area contributed by atoms with Crippen molar-refractivity contribution in [2.24, 2.45) is 0 Å². The first-order chi connectivity index (χ1) is 13.0. The Labute approximate surface area is 155 Å². The highest BCUT2D eigenvalue weighted by Crippen LogP contribution is 2.44. The van der Waals surface area contributed by atoms with Gasteiger partial charge in [-0.05, 0) is 24.3 Å². The van der Waals surface area contributed by atoms with Gasteiger partial charge in [-0.2, -0.15) is 0 Å². The summed E-state index contributed by atoms with van der Waals surface area (Å²) in [5.41, 5.74) is 1.57. The summed E-state index contributed by atoms with van der Waals surface area (Å²) >= 11 is 0. The van der Waals surface area contributed by atoms with Crippen LogP contribution in [0.15, 0.2) is 54.6 Å². The Hall–Kier alpha value is -2.97. The van der Waals surface area contributed by atoms with Crippen molar-refractivity contribution in [3.63, 3.8) is 0 Å². The molecule has 3 atom stereocenters. The predicted octanol–water partition coefficient (Wildman–Crippen LogP) is 2.22. The molecule has 2 heterocycles. The van der Waals surface area contributed by atoms with Crippen molar-refractivity contribution in [2.75, 3.05) is 25.1 Å². The molecule has 4 rings (SSSR count). The number of fused-ring (bicyclic) bond motifs is 2. The number of non-ortho nitro benzene ring substituents is 1. The summed E-state index contributed by atoms with van der Waals surface area (Å²) in [5.74, 6) is -1.70. The standard InChI is InChI=1S/C19H18N2O6/c1-25-18(22)17-16-11-20(14-5-3-2-4-6-14)12-19(26-16,27-17)13-7-9-15(10-8-13)21(23)24/h2-10,16-17H,11-12H2,1H3. The van der Waals surface area contributed by atoms with E-state index in [0.717, 1.165) is 5.69 Å². The maximum atomic E-state index is 12.2. The molecule has 2 fully saturated rings. The normalized spacial score (nSPS) is 26.6. The summed E-state index contributed by atoms with van der Waals surface area (Å²) in [6.07, 6.45) is -1.37. The lowest BCUT2D eigenvalue weighted by molar-refractivity contribution is -0.384. The summed E-state index contributed by atoms with van der Waals surface area (Å²) in [7, 11) is 1.31. The van der Waals surface area contributed by atoms with Crippen LogP contribution >= 0.6 is 0 Å². The number of rotatable bonds is 4. The van der Waals surface area contributed by atoms with E-state index >= 15 is 0 Å². The molecule has 2 saturated heterocycles. The van der Waals surface area contributed by atoms with E-state index in [4.69, 9.17) is 14.2 Å². The zero-order chi connectivity index (χ0) is 19.0. The number of methoxy groups -OCH3 is 1. The van der Waals surface area contributed by atoms with Gasteiger partial charge >= 0.3 is 5.97 Å². The molecule has 3 unspecified atom stereocenters. The highest BCUT2D eigenvalue weighted by molar-refractivity contribution is 5.76. The van der Waals surface area contributed by atoms with Crippen LogP contribution in [0.2, 0.25) is 0 Å². The summed E-state index contributed by atoms with van der Waals surface area (Å²) < 4.78 is 17.0. The number of carbonyl (C=O) groups excluding carboxylic acids is 1. The van der Waals surface area contributed by atoms with Gasteiger partial charge in [-0.15, -0.1) is 0 Å². The molecule has 2 aliphatic heterocycles. The van der Waals surface area contributed by atoms with Gasteiger partial charge in [-0.25, -0.2) is 4.79 Å². The van der Waals surface area contributed by atoms with Crippen molar-refractivity contribution in [2.45, 2.75) is 18.0 Å². The minimum absolute atomic E-state index is 0.0232. The Bertz CT molecular complexity index is 856. The Morgan fingerprint density at radius 2 is 1.89 bits per heavy atom. The minimum atomic E-state index is -1.20. The van der Waals surface area contributed by atoms with Crippen molar-refractivity contribution >= 4 is 17.3 Å². The fourth-order valence-electron chi connectivity index (χ4n) is 3.57. The first-order valence-electron chi connectivity index (χ1n) is 8.51. The molecule has 0 saturated carbocycles. The number of ether oxygens (including phenoxy) is 3. The van der Waals surface area contributed by atoms with Gasteiger partial charge in [0.05, 0.1) is 18.6 Å². The van der Waals surface area contributed by atoms with Crippen LogP contribution in [0.25, 0.3) is 0 Å². The molecule has 140 valence electrons. The van der Waals surface area contributed by atoms with Crippen LogP contribution in [-0.2, 0) is 24.8 Å². The largest absolute Gasteiger partial charge is 0.467 e. The van der Waals surface area contributed by atoms with Crippen LogP contribution in [0.1, 0.15) is 5.56 Å². The lowest BCUT2D eigenvalue weighted by atomic mass is 10.0. The maximum Gasteiger partial charge on any atom is 0.337 e. The topological polar surface area (TPSA) is 91.1 Å². The number of nitrogens with zero attached hydrogens (tertiary/aromatic N) is 2. The number of hydrogen-bond acceptors (Lipinski definition) is 7. The van der Waals surface area contributed by atoms with Gasteiger partial charge in [-0.3, -0.25) is 10.1 Å². The second-order valence-electron chi connectivity index (χ2n) is 6.49. The lowest BCUT2D eigenvalue weighted by Crippen LogP contribution is -2.50. The van der Waals surface area contributed by atoms with Crippen LogP contribution in [0.3, 0.4) is 0 Å². The third-order valence-corrected chi connectivity index (χ3v) is 4.87. The Morgan fingerprint density at radius 1 is 1.19 bits per heavy atom. The van der Waals surface area contributed by atoms with Crippen LogP contribution in [0.4, 0.5) is 11.4 Å². The second kappa shape index (κ2) is 6.64. The molecule has 0 N–H and O–H groups in total. The number of benzene rings is 2. The molecule has 2 aromatic rings. The zero-order valence-corrected chi connectivity index (χ0v) is 14.6. The predicted molar refractivity (Wildman–Crippen MR) is 95.2 cm³/mol. The average molecular weight is 370 g/mol. The van der Waals surface area contributed by atoms with Gasteiger partial charge in [0.2, 0.25) is 5.79 Å². The van der Waals surface area contributed by atoms with Crippen LogP contribution in [-0.4, -0.2) is 43.3 Å².